The fourth-order valence-electron chi connectivity index (χ4n) is 7.39. The monoisotopic (exact) mass is 602 g/mol. The molecule has 0 heterocycles. The van der Waals surface area contributed by atoms with E-state index in [1.165, 1.54) is 12.1 Å². The molecule has 2 bridgehead atoms. The van der Waals surface area contributed by atoms with Crippen molar-refractivity contribution in [3.05, 3.63) is 76.4 Å². The number of carbonyl (C=O) groups is 3. The molecular formula is C38H50O6. The maximum absolute atomic E-state index is 15.3. The Morgan fingerprint density at radius 2 is 1.50 bits per heavy atom. The SMILES string of the molecule is C=C(C)[C@@H](CCC=C(C)C)[C@]12C[C@@H](CC=C(C)C)C(C)(C)[C@](CC=C(C)C)(C(=O)C(=C(O)c3ccc(O)c(O)c3)C1=O)C2=O. The maximum Gasteiger partial charge on any atom is 0.184 e. The summed E-state index contributed by atoms with van der Waals surface area (Å²) in [5.41, 5.74) is -0.709. The molecule has 2 fully saturated rings. The molecule has 1 aromatic carbocycles. The number of aliphatic hydroxyl groups excluding tert-OH is 1. The summed E-state index contributed by atoms with van der Waals surface area (Å²) in [4.78, 5) is 45.3. The minimum absolute atomic E-state index is 0.00671. The van der Waals surface area contributed by atoms with Crippen LogP contribution in [0.1, 0.15) is 100.0 Å². The Hall–Kier alpha value is -3.67. The zero-order valence-corrected chi connectivity index (χ0v) is 27.9. The Kier molecular flexibility index (Phi) is 10.1. The van der Waals surface area contributed by atoms with Crippen molar-refractivity contribution in [2.75, 3.05) is 0 Å². The molecule has 0 aromatic heterocycles. The van der Waals surface area contributed by atoms with Crippen LogP contribution in [-0.2, 0) is 14.4 Å². The Bertz CT molecular complexity index is 1490. The lowest BCUT2D eigenvalue weighted by molar-refractivity contribution is -0.179. The van der Waals surface area contributed by atoms with E-state index in [0.29, 0.717) is 24.8 Å². The summed E-state index contributed by atoms with van der Waals surface area (Å²) < 4.78 is 0. The van der Waals surface area contributed by atoms with Gasteiger partial charge in [0, 0.05) is 5.56 Å². The second kappa shape index (κ2) is 12.7. The van der Waals surface area contributed by atoms with Crippen molar-refractivity contribution in [3.63, 3.8) is 0 Å². The van der Waals surface area contributed by atoms with Gasteiger partial charge in [0.05, 0.1) is 0 Å². The Balaban J connectivity index is 2.52. The third kappa shape index (κ3) is 5.76. The lowest BCUT2D eigenvalue weighted by Gasteiger charge is -2.62. The van der Waals surface area contributed by atoms with E-state index in [1.807, 2.05) is 68.4 Å². The molecule has 44 heavy (non-hydrogen) atoms. The number of hydrogen-bond donors (Lipinski definition) is 3. The number of hydrogen-bond acceptors (Lipinski definition) is 6. The van der Waals surface area contributed by atoms with Gasteiger partial charge in [-0.05, 0) is 116 Å². The molecule has 0 unspecified atom stereocenters. The van der Waals surface area contributed by atoms with Crippen LogP contribution in [0.25, 0.3) is 5.76 Å². The number of carbonyl (C=O) groups excluding carboxylic acids is 3. The number of aliphatic hydroxyl groups is 1. The summed E-state index contributed by atoms with van der Waals surface area (Å²) in [5.74, 6) is -4.03. The Labute approximate surface area is 263 Å². The van der Waals surface area contributed by atoms with Gasteiger partial charge in [0.2, 0.25) is 0 Å². The lowest BCUT2D eigenvalue weighted by atomic mass is 9.37. The van der Waals surface area contributed by atoms with E-state index < -0.39 is 56.6 Å². The highest BCUT2D eigenvalue weighted by atomic mass is 16.3. The number of aromatic hydroxyl groups is 2. The minimum atomic E-state index is -1.64. The van der Waals surface area contributed by atoms with E-state index in [4.69, 9.17) is 0 Å². The number of rotatable bonds is 10. The molecule has 2 saturated carbocycles. The molecular weight excluding hydrogens is 552 g/mol. The standard InChI is InChI=1S/C38H50O6/c1-22(2)12-11-13-28(25(7)8)37-21-27(16-14-23(3)4)36(9,10)38(35(37)44,19-18-24(5)6)34(43)31(33(37)42)32(41)26-15-17-29(39)30(40)20-26/h12,14-15,17-18,20,27-28,39-41H,7,11,13,16,19,21H2,1-6,8-10H3/t27-,28-,37-,38-/m1/s1. The quantitative estimate of drug-likeness (QED) is 0.0616. The normalized spacial score (nSPS) is 26.0. The number of fused-ring (bicyclic) bond motifs is 2. The van der Waals surface area contributed by atoms with Crippen molar-refractivity contribution >= 4 is 23.1 Å². The van der Waals surface area contributed by atoms with E-state index in [2.05, 4.69) is 18.7 Å². The van der Waals surface area contributed by atoms with Crippen LogP contribution in [0.4, 0.5) is 0 Å². The van der Waals surface area contributed by atoms with Crippen LogP contribution >= 0.6 is 0 Å². The van der Waals surface area contributed by atoms with Crippen molar-refractivity contribution in [1.82, 2.24) is 0 Å². The van der Waals surface area contributed by atoms with Crippen LogP contribution in [0, 0.1) is 28.1 Å². The van der Waals surface area contributed by atoms with Crippen molar-refractivity contribution in [3.8, 4) is 11.5 Å². The Morgan fingerprint density at radius 3 is 2.02 bits per heavy atom. The zero-order chi connectivity index (χ0) is 33.4. The summed E-state index contributed by atoms with van der Waals surface area (Å²) >= 11 is 0. The molecule has 0 radical (unpaired) electrons. The van der Waals surface area contributed by atoms with E-state index in [0.717, 1.165) is 22.8 Å². The molecule has 0 spiro atoms. The van der Waals surface area contributed by atoms with Crippen LogP contribution in [0.2, 0.25) is 0 Å². The minimum Gasteiger partial charge on any atom is -0.506 e. The third-order valence-corrected chi connectivity index (χ3v) is 10.0. The zero-order valence-electron chi connectivity index (χ0n) is 27.9. The van der Waals surface area contributed by atoms with Gasteiger partial charge >= 0.3 is 0 Å². The summed E-state index contributed by atoms with van der Waals surface area (Å²) in [7, 11) is 0. The van der Waals surface area contributed by atoms with Crippen molar-refractivity contribution in [1.29, 1.82) is 0 Å². The number of phenols is 2. The molecule has 6 heteroatoms. The highest BCUT2D eigenvalue weighted by Crippen LogP contribution is 2.67. The highest BCUT2D eigenvalue weighted by Gasteiger charge is 2.75. The largest absolute Gasteiger partial charge is 0.506 e. The first-order chi connectivity index (χ1) is 20.4. The summed E-state index contributed by atoms with van der Waals surface area (Å²) in [6, 6.07) is 3.65. The van der Waals surface area contributed by atoms with Crippen molar-refractivity contribution in [2.45, 2.75) is 94.4 Å². The predicted molar refractivity (Wildman–Crippen MR) is 176 cm³/mol. The van der Waals surface area contributed by atoms with Crippen LogP contribution in [-0.4, -0.2) is 32.7 Å². The smallest absolute Gasteiger partial charge is 0.184 e. The average Bonchev–Trinajstić information content (AvgIpc) is 2.91. The third-order valence-electron chi connectivity index (χ3n) is 10.0. The van der Waals surface area contributed by atoms with Gasteiger partial charge in [-0.25, -0.2) is 0 Å². The van der Waals surface area contributed by atoms with E-state index >= 15 is 9.59 Å². The second-order valence-corrected chi connectivity index (χ2v) is 14.2. The summed E-state index contributed by atoms with van der Waals surface area (Å²) in [5, 5.41) is 31.8. The first-order valence-electron chi connectivity index (χ1n) is 15.5. The van der Waals surface area contributed by atoms with Gasteiger partial charge in [-0.1, -0.05) is 60.9 Å². The topological polar surface area (TPSA) is 112 Å². The Morgan fingerprint density at radius 1 is 0.909 bits per heavy atom. The molecule has 1 aromatic rings. The lowest BCUT2D eigenvalue weighted by Crippen LogP contribution is -2.71. The number of Topliss-reactive ketones (excluding diaryl/α,β-unsaturated/α-hetero) is 3. The molecule has 0 amide bonds. The molecule has 0 saturated heterocycles. The van der Waals surface area contributed by atoms with Crippen LogP contribution in [0.3, 0.4) is 0 Å². The molecule has 3 rings (SSSR count). The van der Waals surface area contributed by atoms with Crippen LogP contribution in [0.5, 0.6) is 11.5 Å². The van der Waals surface area contributed by atoms with E-state index in [-0.39, 0.29) is 30.1 Å². The first kappa shape index (κ1) is 34.8. The molecule has 6 nitrogen and oxygen atoms in total. The summed E-state index contributed by atoms with van der Waals surface area (Å²) in [6.07, 6.45) is 8.08. The van der Waals surface area contributed by atoms with Gasteiger partial charge in [-0.3, -0.25) is 14.4 Å². The summed E-state index contributed by atoms with van der Waals surface area (Å²) in [6.45, 7) is 21.8. The van der Waals surface area contributed by atoms with Gasteiger partial charge in [0.15, 0.2) is 28.8 Å². The fourth-order valence-corrected chi connectivity index (χ4v) is 7.39. The highest BCUT2D eigenvalue weighted by molar-refractivity contribution is 6.42. The number of phenolic OH excluding ortho intramolecular Hbond substituents is 2. The average molecular weight is 603 g/mol. The molecule has 2 aliphatic rings. The van der Waals surface area contributed by atoms with E-state index in [1.54, 1.807) is 0 Å². The molecule has 3 N–H and O–H groups in total. The predicted octanol–water partition coefficient (Wildman–Crippen LogP) is 8.76. The molecule has 0 aliphatic heterocycles. The first-order valence-corrected chi connectivity index (χ1v) is 15.5. The maximum atomic E-state index is 15.3. The van der Waals surface area contributed by atoms with Crippen LogP contribution in [0.15, 0.2) is 70.9 Å². The second-order valence-electron chi connectivity index (χ2n) is 14.2. The van der Waals surface area contributed by atoms with Crippen LogP contribution < -0.4 is 0 Å². The van der Waals surface area contributed by atoms with Crippen molar-refractivity contribution < 1.29 is 29.7 Å². The fraction of sp³-hybridized carbons (Fsp3) is 0.500. The van der Waals surface area contributed by atoms with Crippen molar-refractivity contribution in [2.24, 2.45) is 28.1 Å². The van der Waals surface area contributed by atoms with Gasteiger partial charge in [0.25, 0.3) is 0 Å². The van der Waals surface area contributed by atoms with Gasteiger partial charge in [-0.2, -0.15) is 0 Å². The van der Waals surface area contributed by atoms with Gasteiger partial charge in [0.1, 0.15) is 22.2 Å². The van der Waals surface area contributed by atoms with Gasteiger partial charge < -0.3 is 15.3 Å². The van der Waals surface area contributed by atoms with Gasteiger partial charge in [-0.15, -0.1) is 0 Å². The molecule has 2 aliphatic carbocycles. The number of ketones is 3. The molecule has 238 valence electrons. The van der Waals surface area contributed by atoms with E-state index in [9.17, 15) is 20.1 Å². The number of benzene rings is 1. The number of allylic oxidation sites excluding steroid dienone is 8. The molecule has 4 atom stereocenters.